The minimum atomic E-state index is -0.745. The zero-order valence-electron chi connectivity index (χ0n) is 10.0. The van der Waals surface area contributed by atoms with E-state index in [1.165, 1.54) is 12.8 Å². The number of hydrogen-bond acceptors (Lipinski definition) is 2. The summed E-state index contributed by atoms with van der Waals surface area (Å²) in [7, 11) is 0. The third kappa shape index (κ3) is 1.97. The van der Waals surface area contributed by atoms with Gasteiger partial charge in [-0.3, -0.25) is 4.79 Å². The third-order valence-corrected chi connectivity index (χ3v) is 4.46. The van der Waals surface area contributed by atoms with Gasteiger partial charge in [0.25, 0.3) is 0 Å². The van der Waals surface area contributed by atoms with Gasteiger partial charge in [0.15, 0.2) is 0 Å². The van der Waals surface area contributed by atoms with Crippen molar-refractivity contribution in [2.24, 2.45) is 11.3 Å². The van der Waals surface area contributed by atoms with Crippen LogP contribution < -0.4 is 0 Å². The number of aliphatic carboxylic acids is 1. The molecule has 2 N–H and O–H groups in total. The summed E-state index contributed by atoms with van der Waals surface area (Å²) in [6, 6.07) is 0. The highest BCUT2D eigenvalue weighted by molar-refractivity contribution is 5.77. The molecule has 0 spiro atoms. The first-order valence-corrected chi connectivity index (χ1v) is 6.42. The minimum absolute atomic E-state index is 0.285. The van der Waals surface area contributed by atoms with Gasteiger partial charge >= 0.3 is 5.97 Å². The maximum Gasteiger partial charge on any atom is 0.310 e. The lowest BCUT2D eigenvalue weighted by Crippen LogP contribution is -2.57. The first kappa shape index (κ1) is 11.9. The smallest absolute Gasteiger partial charge is 0.310 e. The van der Waals surface area contributed by atoms with Crippen LogP contribution in [0.25, 0.3) is 0 Å². The monoisotopic (exact) mass is 226 g/mol. The van der Waals surface area contributed by atoms with Gasteiger partial charge in [-0.05, 0) is 38.5 Å². The predicted octanol–water partition coefficient (Wildman–Crippen LogP) is 2.57. The van der Waals surface area contributed by atoms with E-state index >= 15 is 0 Å². The molecule has 0 aliphatic heterocycles. The highest BCUT2D eigenvalue weighted by Gasteiger charge is 2.59. The Hall–Kier alpha value is -0.570. The van der Waals surface area contributed by atoms with Crippen molar-refractivity contribution in [2.45, 2.75) is 63.9 Å². The van der Waals surface area contributed by atoms with Crippen LogP contribution in [0.4, 0.5) is 0 Å². The Morgan fingerprint density at radius 1 is 1.12 bits per heavy atom. The maximum absolute atomic E-state index is 11.5. The Balaban J connectivity index is 2.11. The fraction of sp³-hybridized carbons (Fsp3) is 0.923. The van der Waals surface area contributed by atoms with Gasteiger partial charge in [0.05, 0.1) is 11.0 Å². The number of carboxylic acid groups (broad SMARTS) is 1. The highest BCUT2D eigenvalue weighted by atomic mass is 16.4. The lowest BCUT2D eigenvalue weighted by Gasteiger charge is -2.53. The molecule has 2 aliphatic rings. The van der Waals surface area contributed by atoms with Gasteiger partial charge in [-0.15, -0.1) is 0 Å². The summed E-state index contributed by atoms with van der Waals surface area (Å²) in [5.74, 6) is -0.404. The van der Waals surface area contributed by atoms with Gasteiger partial charge in [0.1, 0.15) is 0 Å². The minimum Gasteiger partial charge on any atom is -0.481 e. The van der Waals surface area contributed by atoms with Crippen molar-refractivity contribution >= 4 is 5.97 Å². The molecular weight excluding hydrogens is 204 g/mol. The second-order valence-electron chi connectivity index (χ2n) is 6.00. The standard InChI is InChI=1S/C13H22O3/c1-12(16)8-13(9-12,11(14)15)10-6-4-2-3-5-7-10/h10,16H,2-9H2,1H3,(H,14,15). The molecule has 3 nitrogen and oxygen atoms in total. The van der Waals surface area contributed by atoms with Crippen LogP contribution in [-0.4, -0.2) is 21.8 Å². The summed E-state index contributed by atoms with van der Waals surface area (Å²) in [5.41, 5.74) is -1.36. The van der Waals surface area contributed by atoms with Crippen molar-refractivity contribution in [3.63, 3.8) is 0 Å². The van der Waals surface area contributed by atoms with Gasteiger partial charge in [-0.2, -0.15) is 0 Å². The summed E-state index contributed by atoms with van der Waals surface area (Å²) in [4.78, 5) is 11.5. The van der Waals surface area contributed by atoms with Gasteiger partial charge in [-0.1, -0.05) is 25.7 Å². The summed E-state index contributed by atoms with van der Waals surface area (Å²) in [6.45, 7) is 1.75. The van der Waals surface area contributed by atoms with Crippen LogP contribution >= 0.6 is 0 Å². The molecule has 2 fully saturated rings. The first-order valence-electron chi connectivity index (χ1n) is 6.42. The Morgan fingerprint density at radius 2 is 1.62 bits per heavy atom. The predicted molar refractivity (Wildman–Crippen MR) is 61.1 cm³/mol. The molecule has 0 bridgehead atoms. The van der Waals surface area contributed by atoms with Crippen molar-refractivity contribution in [3.8, 4) is 0 Å². The number of rotatable bonds is 2. The van der Waals surface area contributed by atoms with Crippen LogP contribution in [0, 0.1) is 11.3 Å². The summed E-state index contributed by atoms with van der Waals surface area (Å²) < 4.78 is 0. The van der Waals surface area contributed by atoms with E-state index in [1.807, 2.05) is 0 Å². The topological polar surface area (TPSA) is 57.5 Å². The molecule has 0 heterocycles. The molecule has 92 valence electrons. The molecule has 16 heavy (non-hydrogen) atoms. The molecule has 0 radical (unpaired) electrons. The van der Waals surface area contributed by atoms with Gasteiger partial charge in [0, 0.05) is 0 Å². The molecule has 0 atom stereocenters. The molecule has 0 aromatic rings. The Kier molecular flexibility index (Phi) is 2.99. The molecule has 3 heteroatoms. The zero-order valence-corrected chi connectivity index (χ0v) is 10.0. The molecule has 2 saturated carbocycles. The fourth-order valence-corrected chi connectivity index (χ4v) is 3.75. The number of hydrogen-bond donors (Lipinski definition) is 2. The van der Waals surface area contributed by atoms with Crippen LogP contribution in [0.5, 0.6) is 0 Å². The summed E-state index contributed by atoms with van der Waals surface area (Å²) >= 11 is 0. The van der Waals surface area contributed by atoms with Gasteiger partial charge in [0.2, 0.25) is 0 Å². The second-order valence-corrected chi connectivity index (χ2v) is 6.00. The summed E-state index contributed by atoms with van der Waals surface area (Å²) in [6.07, 6.45) is 7.74. The van der Waals surface area contributed by atoms with E-state index in [9.17, 15) is 15.0 Å². The molecule has 0 saturated heterocycles. The number of carbonyl (C=O) groups is 1. The Bertz CT molecular complexity index is 267. The lowest BCUT2D eigenvalue weighted by atomic mass is 9.53. The second kappa shape index (κ2) is 4.02. The Labute approximate surface area is 96.9 Å². The van der Waals surface area contributed by atoms with Crippen LogP contribution in [0.2, 0.25) is 0 Å². The van der Waals surface area contributed by atoms with Crippen molar-refractivity contribution in [1.82, 2.24) is 0 Å². The van der Waals surface area contributed by atoms with E-state index in [1.54, 1.807) is 6.92 Å². The largest absolute Gasteiger partial charge is 0.481 e. The van der Waals surface area contributed by atoms with E-state index in [4.69, 9.17) is 0 Å². The summed E-state index contributed by atoms with van der Waals surface area (Å²) in [5, 5.41) is 19.3. The SMILES string of the molecule is CC1(O)CC(C(=O)O)(C2CCCCCC2)C1. The molecule has 0 unspecified atom stereocenters. The molecular formula is C13H22O3. The molecule has 2 aliphatic carbocycles. The van der Waals surface area contributed by atoms with Gasteiger partial charge < -0.3 is 10.2 Å². The van der Waals surface area contributed by atoms with Crippen molar-refractivity contribution in [1.29, 1.82) is 0 Å². The Morgan fingerprint density at radius 3 is 2.00 bits per heavy atom. The van der Waals surface area contributed by atoms with E-state index in [-0.39, 0.29) is 5.92 Å². The number of aliphatic hydroxyl groups is 1. The normalized spacial score (nSPS) is 41.1. The molecule has 2 rings (SSSR count). The van der Waals surface area contributed by atoms with Gasteiger partial charge in [-0.25, -0.2) is 0 Å². The lowest BCUT2D eigenvalue weighted by molar-refractivity contribution is -0.189. The van der Waals surface area contributed by atoms with Crippen LogP contribution in [0.15, 0.2) is 0 Å². The fourth-order valence-electron chi connectivity index (χ4n) is 3.75. The van der Waals surface area contributed by atoms with Crippen LogP contribution in [0.3, 0.4) is 0 Å². The molecule has 0 amide bonds. The van der Waals surface area contributed by atoms with Crippen LogP contribution in [-0.2, 0) is 4.79 Å². The van der Waals surface area contributed by atoms with E-state index in [0.29, 0.717) is 12.8 Å². The van der Waals surface area contributed by atoms with Crippen molar-refractivity contribution in [2.75, 3.05) is 0 Å². The average Bonchev–Trinajstić information content (AvgIpc) is 2.40. The third-order valence-electron chi connectivity index (χ3n) is 4.46. The van der Waals surface area contributed by atoms with Crippen molar-refractivity contribution in [3.05, 3.63) is 0 Å². The quantitative estimate of drug-likeness (QED) is 0.711. The zero-order chi connectivity index (χ0) is 11.8. The van der Waals surface area contributed by atoms with E-state index < -0.39 is 17.0 Å². The van der Waals surface area contributed by atoms with Crippen LogP contribution in [0.1, 0.15) is 58.3 Å². The first-order chi connectivity index (χ1) is 7.46. The highest BCUT2D eigenvalue weighted by Crippen LogP contribution is 2.56. The number of carboxylic acids is 1. The van der Waals surface area contributed by atoms with E-state index in [2.05, 4.69) is 0 Å². The molecule has 0 aromatic heterocycles. The average molecular weight is 226 g/mol. The van der Waals surface area contributed by atoms with Crippen molar-refractivity contribution < 1.29 is 15.0 Å². The maximum atomic E-state index is 11.5. The van der Waals surface area contributed by atoms with E-state index in [0.717, 1.165) is 25.7 Å². The molecule has 0 aromatic carbocycles.